The largest absolute Gasteiger partial charge is 0.392 e. The van der Waals surface area contributed by atoms with Crippen LogP contribution in [0, 0.1) is 0 Å². The third-order valence-electron chi connectivity index (χ3n) is 2.07. The fourth-order valence-corrected chi connectivity index (χ4v) is 1.15. The van der Waals surface area contributed by atoms with Crippen LogP contribution in [0.2, 0.25) is 0 Å². The molecule has 0 bridgehead atoms. The predicted octanol–water partition coefficient (Wildman–Crippen LogP) is 2.22. The summed E-state index contributed by atoms with van der Waals surface area (Å²) < 4.78 is 0. The summed E-state index contributed by atoms with van der Waals surface area (Å²) in [4.78, 5) is 0. The fraction of sp³-hybridized carbons (Fsp3) is 0.818. The van der Waals surface area contributed by atoms with Gasteiger partial charge in [0.05, 0.1) is 6.10 Å². The molecule has 0 aromatic rings. The average Bonchev–Trinajstić information content (AvgIpc) is 2.16. The Morgan fingerprint density at radius 3 is 2.38 bits per heavy atom. The van der Waals surface area contributed by atoms with E-state index in [0.717, 1.165) is 19.3 Å². The van der Waals surface area contributed by atoms with Crippen molar-refractivity contribution in [3.05, 3.63) is 12.2 Å². The molecule has 0 spiro atoms. The van der Waals surface area contributed by atoms with Gasteiger partial charge in [-0.15, -0.1) is 0 Å². The number of aliphatic hydroxyl groups is 1. The molecule has 0 aromatic heterocycles. The molecular formula is C11H23NO. The first kappa shape index (κ1) is 12.7. The van der Waals surface area contributed by atoms with Crippen molar-refractivity contribution < 1.29 is 5.11 Å². The van der Waals surface area contributed by atoms with Gasteiger partial charge in [-0.3, -0.25) is 0 Å². The number of unbranched alkanes of at least 4 members (excludes halogenated alkanes) is 3. The van der Waals surface area contributed by atoms with Crippen molar-refractivity contribution in [3.8, 4) is 0 Å². The zero-order chi connectivity index (χ0) is 9.94. The Morgan fingerprint density at radius 1 is 1.23 bits per heavy atom. The van der Waals surface area contributed by atoms with Crippen LogP contribution in [0.1, 0.15) is 45.4 Å². The number of aliphatic hydroxyl groups excluding tert-OH is 1. The van der Waals surface area contributed by atoms with E-state index >= 15 is 0 Å². The molecule has 1 atom stereocenters. The second kappa shape index (κ2) is 9.75. The fourth-order valence-electron chi connectivity index (χ4n) is 1.15. The summed E-state index contributed by atoms with van der Waals surface area (Å²) in [6.07, 6.45) is 10.8. The van der Waals surface area contributed by atoms with Crippen LogP contribution in [0.5, 0.6) is 0 Å². The smallest absolute Gasteiger partial charge is 0.0662 e. The van der Waals surface area contributed by atoms with Crippen molar-refractivity contribution in [2.45, 2.75) is 51.6 Å². The van der Waals surface area contributed by atoms with Crippen LogP contribution in [0.3, 0.4) is 0 Å². The number of nitrogens with two attached hydrogens (primary N) is 1. The highest BCUT2D eigenvalue weighted by Crippen LogP contribution is 2.02. The van der Waals surface area contributed by atoms with E-state index in [9.17, 15) is 0 Å². The van der Waals surface area contributed by atoms with E-state index in [1.54, 1.807) is 0 Å². The van der Waals surface area contributed by atoms with Gasteiger partial charge in [0, 0.05) is 6.54 Å². The van der Waals surface area contributed by atoms with Gasteiger partial charge in [0.2, 0.25) is 0 Å². The van der Waals surface area contributed by atoms with Gasteiger partial charge in [0.25, 0.3) is 0 Å². The van der Waals surface area contributed by atoms with Crippen LogP contribution in [-0.2, 0) is 0 Å². The monoisotopic (exact) mass is 185 g/mol. The number of rotatable bonds is 8. The van der Waals surface area contributed by atoms with Gasteiger partial charge >= 0.3 is 0 Å². The maximum absolute atomic E-state index is 9.15. The molecule has 0 rings (SSSR count). The molecular weight excluding hydrogens is 162 g/mol. The van der Waals surface area contributed by atoms with Gasteiger partial charge in [-0.25, -0.2) is 0 Å². The zero-order valence-corrected chi connectivity index (χ0v) is 8.71. The molecule has 0 saturated carbocycles. The molecule has 0 saturated heterocycles. The van der Waals surface area contributed by atoms with Gasteiger partial charge in [0.1, 0.15) is 0 Å². The molecule has 0 heterocycles. The van der Waals surface area contributed by atoms with Crippen molar-refractivity contribution in [2.24, 2.45) is 5.73 Å². The lowest BCUT2D eigenvalue weighted by Gasteiger charge is -2.04. The summed E-state index contributed by atoms with van der Waals surface area (Å²) in [5, 5.41) is 9.15. The van der Waals surface area contributed by atoms with Gasteiger partial charge in [-0.05, 0) is 25.7 Å². The van der Waals surface area contributed by atoms with Crippen LogP contribution < -0.4 is 5.73 Å². The Kier molecular flexibility index (Phi) is 9.49. The maximum Gasteiger partial charge on any atom is 0.0662 e. The summed E-state index contributed by atoms with van der Waals surface area (Å²) in [7, 11) is 0. The van der Waals surface area contributed by atoms with E-state index in [0.29, 0.717) is 6.54 Å². The molecule has 0 aliphatic carbocycles. The van der Waals surface area contributed by atoms with Crippen molar-refractivity contribution >= 4 is 0 Å². The third-order valence-corrected chi connectivity index (χ3v) is 2.07. The van der Waals surface area contributed by atoms with Crippen molar-refractivity contribution in [1.29, 1.82) is 0 Å². The Bertz CT molecular complexity index is 123. The minimum absolute atomic E-state index is 0.302. The first-order chi connectivity index (χ1) is 6.31. The lowest BCUT2D eigenvalue weighted by Crippen LogP contribution is -2.18. The molecule has 2 heteroatoms. The summed E-state index contributed by atoms with van der Waals surface area (Å²) in [5.41, 5.74) is 5.28. The van der Waals surface area contributed by atoms with E-state index < -0.39 is 0 Å². The lowest BCUT2D eigenvalue weighted by atomic mass is 10.1. The molecule has 0 radical (unpaired) electrons. The highest BCUT2D eigenvalue weighted by atomic mass is 16.3. The highest BCUT2D eigenvalue weighted by Gasteiger charge is 1.97. The van der Waals surface area contributed by atoms with Gasteiger partial charge in [0.15, 0.2) is 0 Å². The van der Waals surface area contributed by atoms with Gasteiger partial charge < -0.3 is 10.8 Å². The second-order valence-electron chi connectivity index (χ2n) is 3.43. The summed E-state index contributed by atoms with van der Waals surface area (Å²) in [6, 6.07) is 0. The predicted molar refractivity (Wildman–Crippen MR) is 57.6 cm³/mol. The molecule has 0 aromatic carbocycles. The Hall–Kier alpha value is -0.340. The SMILES string of the molecule is CCCC/C=C/CCCC(O)CN. The molecule has 78 valence electrons. The molecule has 13 heavy (non-hydrogen) atoms. The minimum atomic E-state index is -0.302. The quantitative estimate of drug-likeness (QED) is 0.450. The highest BCUT2D eigenvalue weighted by molar-refractivity contribution is 4.81. The standard InChI is InChI=1S/C11H23NO/c1-2-3-4-5-6-7-8-9-11(13)10-12/h5-6,11,13H,2-4,7-10,12H2,1H3/b6-5+. The van der Waals surface area contributed by atoms with E-state index in [2.05, 4.69) is 19.1 Å². The molecule has 0 amide bonds. The van der Waals surface area contributed by atoms with Gasteiger partial charge in [-0.2, -0.15) is 0 Å². The van der Waals surface area contributed by atoms with Crippen LogP contribution in [0.4, 0.5) is 0 Å². The van der Waals surface area contributed by atoms with Crippen molar-refractivity contribution in [2.75, 3.05) is 6.54 Å². The summed E-state index contributed by atoms with van der Waals surface area (Å²) in [5.74, 6) is 0. The number of hydrogen-bond donors (Lipinski definition) is 2. The molecule has 0 aliphatic rings. The Labute approximate surface area is 81.8 Å². The topological polar surface area (TPSA) is 46.2 Å². The zero-order valence-electron chi connectivity index (χ0n) is 8.71. The van der Waals surface area contributed by atoms with E-state index in [1.165, 1.54) is 19.3 Å². The van der Waals surface area contributed by atoms with Crippen LogP contribution in [0.25, 0.3) is 0 Å². The first-order valence-electron chi connectivity index (χ1n) is 5.34. The Balaban J connectivity index is 3.10. The second-order valence-corrected chi connectivity index (χ2v) is 3.43. The van der Waals surface area contributed by atoms with Crippen LogP contribution in [0.15, 0.2) is 12.2 Å². The summed E-state index contributed by atoms with van der Waals surface area (Å²) in [6.45, 7) is 2.59. The average molecular weight is 185 g/mol. The molecule has 3 N–H and O–H groups in total. The number of allylic oxidation sites excluding steroid dienone is 2. The van der Waals surface area contributed by atoms with E-state index in [4.69, 9.17) is 10.8 Å². The first-order valence-corrected chi connectivity index (χ1v) is 5.34. The molecule has 0 fully saturated rings. The van der Waals surface area contributed by atoms with E-state index in [-0.39, 0.29) is 6.10 Å². The van der Waals surface area contributed by atoms with E-state index in [1.807, 2.05) is 0 Å². The van der Waals surface area contributed by atoms with Gasteiger partial charge in [-0.1, -0.05) is 31.9 Å². The van der Waals surface area contributed by atoms with Crippen molar-refractivity contribution in [1.82, 2.24) is 0 Å². The molecule has 1 unspecified atom stereocenters. The van der Waals surface area contributed by atoms with Crippen LogP contribution >= 0.6 is 0 Å². The molecule has 2 nitrogen and oxygen atoms in total. The van der Waals surface area contributed by atoms with Crippen LogP contribution in [-0.4, -0.2) is 17.8 Å². The lowest BCUT2D eigenvalue weighted by molar-refractivity contribution is 0.170. The number of hydrogen-bond acceptors (Lipinski definition) is 2. The third kappa shape index (κ3) is 9.57. The maximum atomic E-state index is 9.15. The minimum Gasteiger partial charge on any atom is -0.392 e. The Morgan fingerprint density at radius 2 is 1.85 bits per heavy atom. The normalized spacial score (nSPS) is 13.8. The van der Waals surface area contributed by atoms with Crippen molar-refractivity contribution in [3.63, 3.8) is 0 Å². The summed E-state index contributed by atoms with van der Waals surface area (Å²) >= 11 is 0. The molecule has 0 aliphatic heterocycles.